The summed E-state index contributed by atoms with van der Waals surface area (Å²) in [5.74, 6) is -0.477. The average Bonchev–Trinajstić information content (AvgIpc) is 2.29. The molecule has 2 unspecified atom stereocenters. The Morgan fingerprint density at radius 3 is 2.88 bits per heavy atom. The van der Waals surface area contributed by atoms with Gasteiger partial charge in [-0.2, -0.15) is 4.39 Å². The van der Waals surface area contributed by atoms with Crippen LogP contribution in [-0.4, -0.2) is 29.3 Å². The van der Waals surface area contributed by atoms with Crippen LogP contribution in [-0.2, 0) is 0 Å². The lowest BCUT2D eigenvalue weighted by atomic mass is 9.91. The lowest BCUT2D eigenvalue weighted by Crippen LogP contribution is -2.43. The monoisotopic (exact) mass is 224 g/mol. The number of pyridine rings is 1. The van der Waals surface area contributed by atoms with Crippen LogP contribution in [0.15, 0.2) is 18.3 Å². The first-order valence-corrected chi connectivity index (χ1v) is 5.71. The molecule has 1 aliphatic rings. The number of aliphatic hydroxyl groups is 1. The summed E-state index contributed by atoms with van der Waals surface area (Å²) < 4.78 is 13.0. The Labute approximate surface area is 94.9 Å². The van der Waals surface area contributed by atoms with Crippen molar-refractivity contribution in [2.24, 2.45) is 0 Å². The van der Waals surface area contributed by atoms with Gasteiger partial charge in [0.15, 0.2) is 0 Å². The van der Waals surface area contributed by atoms with E-state index in [1.807, 2.05) is 11.9 Å². The topological polar surface area (TPSA) is 36.4 Å². The summed E-state index contributed by atoms with van der Waals surface area (Å²) in [6.07, 6.45) is 5.14. The van der Waals surface area contributed by atoms with E-state index in [-0.39, 0.29) is 12.1 Å². The van der Waals surface area contributed by atoms with Gasteiger partial charge < -0.3 is 10.0 Å². The molecule has 0 radical (unpaired) electrons. The zero-order chi connectivity index (χ0) is 11.5. The largest absolute Gasteiger partial charge is 0.391 e. The summed E-state index contributed by atoms with van der Waals surface area (Å²) in [6, 6.07) is 3.27. The Morgan fingerprint density at radius 1 is 1.44 bits per heavy atom. The molecule has 0 aromatic carbocycles. The molecule has 1 aromatic rings. The van der Waals surface area contributed by atoms with E-state index in [1.54, 1.807) is 6.07 Å². The Kier molecular flexibility index (Phi) is 3.39. The van der Waals surface area contributed by atoms with E-state index in [9.17, 15) is 9.50 Å². The number of likely N-dealkylation sites (N-methyl/N-ethyl adjacent to an activating group) is 1. The Hall–Kier alpha value is -1.16. The van der Waals surface area contributed by atoms with Crippen molar-refractivity contribution in [1.29, 1.82) is 0 Å². The van der Waals surface area contributed by atoms with Gasteiger partial charge in [0.1, 0.15) is 0 Å². The van der Waals surface area contributed by atoms with Crippen LogP contribution < -0.4 is 4.90 Å². The lowest BCUT2D eigenvalue weighted by molar-refractivity contribution is 0.106. The number of hydrogen-bond donors (Lipinski definition) is 1. The minimum atomic E-state index is -0.477. The second-order valence-electron chi connectivity index (χ2n) is 4.37. The van der Waals surface area contributed by atoms with E-state index in [4.69, 9.17) is 0 Å². The zero-order valence-electron chi connectivity index (χ0n) is 9.43. The van der Waals surface area contributed by atoms with Crippen LogP contribution in [0.25, 0.3) is 0 Å². The molecule has 0 spiro atoms. The molecule has 16 heavy (non-hydrogen) atoms. The van der Waals surface area contributed by atoms with Crippen molar-refractivity contribution in [2.75, 3.05) is 11.9 Å². The number of nitrogens with zero attached hydrogens (tertiary/aromatic N) is 2. The van der Waals surface area contributed by atoms with E-state index in [1.165, 1.54) is 12.3 Å². The second kappa shape index (κ2) is 4.78. The molecule has 0 aliphatic heterocycles. The number of hydrogen-bond acceptors (Lipinski definition) is 3. The van der Waals surface area contributed by atoms with Crippen molar-refractivity contribution in [1.82, 2.24) is 4.98 Å². The van der Waals surface area contributed by atoms with Crippen LogP contribution >= 0.6 is 0 Å². The molecular weight excluding hydrogens is 207 g/mol. The normalized spacial score (nSPS) is 25.4. The van der Waals surface area contributed by atoms with Gasteiger partial charge in [-0.25, -0.2) is 4.98 Å². The third kappa shape index (κ3) is 2.32. The van der Waals surface area contributed by atoms with Crippen LogP contribution in [0.1, 0.15) is 25.7 Å². The second-order valence-corrected chi connectivity index (χ2v) is 4.37. The number of anilines is 1. The molecule has 0 bridgehead atoms. The minimum Gasteiger partial charge on any atom is -0.391 e. The third-order valence-electron chi connectivity index (χ3n) is 3.31. The summed E-state index contributed by atoms with van der Waals surface area (Å²) in [5, 5.41) is 9.92. The predicted octanol–water partition coefficient (Wildman–Crippen LogP) is 1.96. The fourth-order valence-corrected chi connectivity index (χ4v) is 2.35. The Morgan fingerprint density at radius 2 is 2.19 bits per heavy atom. The smallest absolute Gasteiger partial charge is 0.214 e. The molecule has 4 heteroatoms. The van der Waals surface area contributed by atoms with Crippen molar-refractivity contribution in [3.05, 3.63) is 24.3 Å². The highest BCUT2D eigenvalue weighted by Crippen LogP contribution is 2.26. The van der Waals surface area contributed by atoms with Crippen molar-refractivity contribution >= 4 is 5.69 Å². The molecule has 2 atom stereocenters. The zero-order valence-corrected chi connectivity index (χ0v) is 9.43. The molecule has 1 heterocycles. The predicted molar refractivity (Wildman–Crippen MR) is 60.9 cm³/mol. The minimum absolute atomic E-state index is 0.0931. The molecule has 1 aliphatic carbocycles. The number of aromatic nitrogens is 1. The Bertz CT molecular complexity index is 359. The molecule has 0 saturated heterocycles. The number of aliphatic hydroxyl groups excluding tert-OH is 1. The van der Waals surface area contributed by atoms with Gasteiger partial charge in [0.05, 0.1) is 12.1 Å². The van der Waals surface area contributed by atoms with Gasteiger partial charge in [-0.15, -0.1) is 0 Å². The lowest BCUT2D eigenvalue weighted by Gasteiger charge is -2.36. The van der Waals surface area contributed by atoms with Crippen LogP contribution in [0.5, 0.6) is 0 Å². The van der Waals surface area contributed by atoms with E-state index in [0.29, 0.717) is 0 Å². The molecule has 88 valence electrons. The van der Waals surface area contributed by atoms with Gasteiger partial charge in [0.25, 0.3) is 0 Å². The number of halogens is 1. The molecular formula is C12H17FN2O. The van der Waals surface area contributed by atoms with E-state index in [2.05, 4.69) is 4.98 Å². The fraction of sp³-hybridized carbons (Fsp3) is 0.583. The highest BCUT2D eigenvalue weighted by Gasteiger charge is 2.26. The number of rotatable bonds is 2. The van der Waals surface area contributed by atoms with Crippen LogP contribution in [0, 0.1) is 5.95 Å². The maximum absolute atomic E-state index is 13.0. The maximum atomic E-state index is 13.0. The van der Waals surface area contributed by atoms with Gasteiger partial charge in [-0.1, -0.05) is 12.8 Å². The van der Waals surface area contributed by atoms with Crippen molar-refractivity contribution in [2.45, 2.75) is 37.8 Å². The summed E-state index contributed by atoms with van der Waals surface area (Å²) in [6.45, 7) is 0. The molecule has 1 fully saturated rings. The van der Waals surface area contributed by atoms with Gasteiger partial charge in [0, 0.05) is 25.0 Å². The SMILES string of the molecule is CN(c1ccnc(F)c1)C1CCCCC1O. The summed E-state index contributed by atoms with van der Waals surface area (Å²) >= 11 is 0. The standard InChI is InChI=1S/C12H17FN2O/c1-15(9-6-7-14-12(13)8-9)10-4-2-3-5-11(10)16/h6-8,10-11,16H,2-5H2,1H3. The molecule has 1 aromatic heterocycles. The van der Waals surface area contributed by atoms with E-state index in [0.717, 1.165) is 31.4 Å². The molecule has 1 saturated carbocycles. The van der Waals surface area contributed by atoms with Crippen LogP contribution in [0.3, 0.4) is 0 Å². The average molecular weight is 224 g/mol. The summed E-state index contributed by atoms with van der Waals surface area (Å²) in [4.78, 5) is 5.48. The van der Waals surface area contributed by atoms with Gasteiger partial charge in [-0.05, 0) is 18.9 Å². The van der Waals surface area contributed by atoms with Gasteiger partial charge in [-0.3, -0.25) is 0 Å². The third-order valence-corrected chi connectivity index (χ3v) is 3.31. The fourth-order valence-electron chi connectivity index (χ4n) is 2.35. The highest BCUT2D eigenvalue weighted by molar-refractivity contribution is 5.45. The first kappa shape index (κ1) is 11.3. The van der Waals surface area contributed by atoms with Crippen LogP contribution in [0.4, 0.5) is 10.1 Å². The quantitative estimate of drug-likeness (QED) is 0.780. The van der Waals surface area contributed by atoms with Gasteiger partial charge in [0.2, 0.25) is 5.95 Å². The Balaban J connectivity index is 2.14. The molecule has 3 nitrogen and oxygen atoms in total. The summed E-state index contributed by atoms with van der Waals surface area (Å²) in [5.41, 5.74) is 0.776. The molecule has 2 rings (SSSR count). The molecule has 1 N–H and O–H groups in total. The van der Waals surface area contributed by atoms with Gasteiger partial charge >= 0.3 is 0 Å². The first-order chi connectivity index (χ1) is 7.68. The first-order valence-electron chi connectivity index (χ1n) is 5.71. The highest BCUT2D eigenvalue weighted by atomic mass is 19.1. The maximum Gasteiger partial charge on any atom is 0.214 e. The van der Waals surface area contributed by atoms with Crippen molar-refractivity contribution in [3.63, 3.8) is 0 Å². The van der Waals surface area contributed by atoms with Crippen molar-refractivity contribution in [3.8, 4) is 0 Å². The van der Waals surface area contributed by atoms with Crippen molar-refractivity contribution < 1.29 is 9.50 Å². The van der Waals surface area contributed by atoms with Crippen LogP contribution in [0.2, 0.25) is 0 Å². The molecule has 0 amide bonds. The van der Waals surface area contributed by atoms with E-state index < -0.39 is 5.95 Å². The summed E-state index contributed by atoms with van der Waals surface area (Å²) in [7, 11) is 1.90. The van der Waals surface area contributed by atoms with E-state index >= 15 is 0 Å².